The number of methoxy groups -OCH3 is 1. The lowest BCUT2D eigenvalue weighted by atomic mass is 9.99. The average Bonchev–Trinajstić information content (AvgIpc) is 3.25. The van der Waals surface area contributed by atoms with E-state index in [-0.39, 0.29) is 18.4 Å². The predicted molar refractivity (Wildman–Crippen MR) is 139 cm³/mol. The normalized spacial score (nSPS) is 13.5. The molecule has 0 unspecified atom stereocenters. The number of anilines is 1. The fourth-order valence-corrected chi connectivity index (χ4v) is 4.61. The molecule has 0 aliphatic carbocycles. The molecule has 182 valence electrons. The van der Waals surface area contributed by atoms with E-state index in [1.54, 1.807) is 24.5 Å². The summed E-state index contributed by atoms with van der Waals surface area (Å²) in [7, 11) is 3.36. The fourth-order valence-electron chi connectivity index (χ4n) is 4.61. The van der Waals surface area contributed by atoms with E-state index in [1.165, 1.54) is 18.2 Å². The van der Waals surface area contributed by atoms with Gasteiger partial charge in [0.2, 0.25) is 5.91 Å². The molecule has 0 saturated heterocycles. The van der Waals surface area contributed by atoms with E-state index in [0.717, 1.165) is 17.5 Å². The molecule has 0 fully saturated rings. The summed E-state index contributed by atoms with van der Waals surface area (Å²) in [5.41, 5.74) is 5.65. The van der Waals surface area contributed by atoms with Crippen LogP contribution in [-0.4, -0.2) is 58.1 Å². The minimum Gasteiger partial charge on any atom is -0.375 e. The minimum atomic E-state index is -0.297. The Morgan fingerprint density at radius 3 is 2.53 bits per heavy atom. The number of nitrogens with zero attached hydrogens (tertiary/aromatic N) is 4. The maximum atomic E-state index is 13.8. The molecule has 2 aromatic heterocycles. The SMILES string of the molecule is COCC(=O)Nc1cc(C(=O)N2CC=C(c3ccccc3)CC2)c2c(c1)nc(-c1ccncc1)n2C. The first-order valence-electron chi connectivity index (χ1n) is 11.8. The van der Waals surface area contributed by atoms with Gasteiger partial charge >= 0.3 is 0 Å². The molecule has 0 radical (unpaired) electrons. The Morgan fingerprint density at radius 2 is 1.83 bits per heavy atom. The summed E-state index contributed by atoms with van der Waals surface area (Å²) in [5.74, 6) is 0.316. The van der Waals surface area contributed by atoms with Gasteiger partial charge in [0.05, 0.1) is 16.6 Å². The summed E-state index contributed by atoms with van der Waals surface area (Å²) >= 11 is 0. The summed E-state index contributed by atoms with van der Waals surface area (Å²) in [4.78, 5) is 36.8. The monoisotopic (exact) mass is 481 g/mol. The molecule has 1 N–H and O–H groups in total. The second-order valence-corrected chi connectivity index (χ2v) is 8.70. The van der Waals surface area contributed by atoms with Crippen molar-refractivity contribution in [3.63, 3.8) is 0 Å². The number of amides is 2. The van der Waals surface area contributed by atoms with E-state index < -0.39 is 0 Å². The van der Waals surface area contributed by atoms with Gasteiger partial charge in [-0.25, -0.2) is 4.98 Å². The van der Waals surface area contributed by atoms with Crippen LogP contribution in [0, 0.1) is 0 Å². The number of hydrogen-bond acceptors (Lipinski definition) is 5. The Bertz CT molecular complexity index is 1440. The topological polar surface area (TPSA) is 89.3 Å². The van der Waals surface area contributed by atoms with Gasteiger partial charge < -0.3 is 19.5 Å². The van der Waals surface area contributed by atoms with E-state index in [2.05, 4.69) is 28.5 Å². The predicted octanol–water partition coefficient (Wildman–Crippen LogP) is 4.15. The van der Waals surface area contributed by atoms with Crippen molar-refractivity contribution in [3.05, 3.63) is 84.2 Å². The first kappa shape index (κ1) is 23.4. The molecule has 0 saturated carbocycles. The summed E-state index contributed by atoms with van der Waals surface area (Å²) < 4.78 is 6.87. The number of hydrogen-bond donors (Lipinski definition) is 1. The zero-order valence-corrected chi connectivity index (χ0v) is 20.3. The zero-order valence-electron chi connectivity index (χ0n) is 20.3. The van der Waals surface area contributed by atoms with Crippen LogP contribution in [0.15, 0.2) is 73.1 Å². The largest absolute Gasteiger partial charge is 0.375 e. The molecular weight excluding hydrogens is 454 g/mol. The van der Waals surface area contributed by atoms with Crippen LogP contribution in [0.2, 0.25) is 0 Å². The molecule has 4 aromatic rings. The number of pyridine rings is 1. The third kappa shape index (κ3) is 4.63. The minimum absolute atomic E-state index is 0.0784. The van der Waals surface area contributed by atoms with E-state index in [9.17, 15) is 9.59 Å². The van der Waals surface area contributed by atoms with Crippen LogP contribution in [0.4, 0.5) is 5.69 Å². The number of carbonyl (C=O) groups excluding carboxylic acids is 2. The number of nitrogens with one attached hydrogen (secondary N) is 1. The first-order valence-corrected chi connectivity index (χ1v) is 11.8. The first-order chi connectivity index (χ1) is 17.5. The second kappa shape index (κ2) is 10.1. The van der Waals surface area contributed by atoms with Crippen LogP contribution in [0.25, 0.3) is 28.0 Å². The van der Waals surface area contributed by atoms with Crippen molar-refractivity contribution in [2.75, 3.05) is 32.1 Å². The molecule has 1 aliphatic rings. The van der Waals surface area contributed by atoms with Crippen molar-refractivity contribution >= 4 is 34.1 Å². The molecule has 3 heterocycles. The van der Waals surface area contributed by atoms with Crippen molar-refractivity contribution < 1.29 is 14.3 Å². The van der Waals surface area contributed by atoms with E-state index in [0.29, 0.717) is 35.7 Å². The lowest BCUT2D eigenvalue weighted by molar-refractivity contribution is -0.119. The number of ether oxygens (including phenoxy) is 1. The van der Waals surface area contributed by atoms with Gasteiger partial charge in [0, 0.05) is 50.9 Å². The highest BCUT2D eigenvalue weighted by Crippen LogP contribution is 2.31. The maximum Gasteiger partial charge on any atom is 0.256 e. The fraction of sp³-hybridized carbons (Fsp3) is 0.214. The number of aryl methyl sites for hydroxylation is 1. The molecular formula is C28H27N5O3. The van der Waals surface area contributed by atoms with E-state index >= 15 is 0 Å². The van der Waals surface area contributed by atoms with E-state index in [1.807, 2.05) is 46.8 Å². The lowest BCUT2D eigenvalue weighted by Gasteiger charge is -2.27. The lowest BCUT2D eigenvalue weighted by Crippen LogP contribution is -2.35. The molecule has 5 rings (SSSR count). The van der Waals surface area contributed by atoms with Crippen molar-refractivity contribution in [1.82, 2.24) is 19.4 Å². The number of aromatic nitrogens is 3. The molecule has 8 nitrogen and oxygen atoms in total. The molecule has 0 atom stereocenters. The summed E-state index contributed by atoms with van der Waals surface area (Å²) in [5, 5.41) is 2.82. The van der Waals surface area contributed by atoms with Crippen LogP contribution < -0.4 is 5.32 Å². The second-order valence-electron chi connectivity index (χ2n) is 8.70. The van der Waals surface area contributed by atoms with Crippen LogP contribution in [-0.2, 0) is 16.6 Å². The Kier molecular flexibility index (Phi) is 6.60. The standard InChI is InChI=1S/C28H27N5O3/c1-32-26-23(28(35)33-14-10-20(11-15-33)19-6-4-3-5-7-19)16-22(30-25(34)18-36-2)17-24(26)31-27(32)21-8-12-29-13-9-21/h3-10,12-13,16-17H,11,14-15,18H2,1-2H3,(H,30,34). The zero-order chi connectivity index (χ0) is 25.1. The number of carbonyl (C=O) groups is 2. The van der Waals surface area contributed by atoms with Crippen molar-refractivity contribution in [3.8, 4) is 11.4 Å². The van der Waals surface area contributed by atoms with Crippen LogP contribution in [0.1, 0.15) is 22.3 Å². The number of fused-ring (bicyclic) bond motifs is 1. The van der Waals surface area contributed by atoms with Gasteiger partial charge in [0.15, 0.2) is 0 Å². The van der Waals surface area contributed by atoms with Gasteiger partial charge in [-0.1, -0.05) is 36.4 Å². The van der Waals surface area contributed by atoms with Gasteiger partial charge in [-0.3, -0.25) is 14.6 Å². The summed E-state index contributed by atoms with van der Waals surface area (Å²) in [6.45, 7) is 1.04. The highest BCUT2D eigenvalue weighted by Gasteiger charge is 2.25. The molecule has 8 heteroatoms. The third-order valence-corrected chi connectivity index (χ3v) is 6.34. The van der Waals surface area contributed by atoms with Crippen LogP contribution in [0.3, 0.4) is 0 Å². The van der Waals surface area contributed by atoms with Crippen molar-refractivity contribution in [1.29, 1.82) is 0 Å². The molecule has 2 amide bonds. The molecule has 0 bridgehead atoms. The Morgan fingerprint density at radius 1 is 1.06 bits per heavy atom. The van der Waals surface area contributed by atoms with Gasteiger partial charge in [-0.15, -0.1) is 0 Å². The Labute approximate surface area is 209 Å². The smallest absolute Gasteiger partial charge is 0.256 e. The van der Waals surface area contributed by atoms with Gasteiger partial charge in [-0.05, 0) is 41.8 Å². The number of benzene rings is 2. The highest BCUT2D eigenvalue weighted by atomic mass is 16.5. The van der Waals surface area contributed by atoms with Crippen LogP contribution >= 0.6 is 0 Å². The maximum absolute atomic E-state index is 13.8. The molecule has 2 aromatic carbocycles. The van der Waals surface area contributed by atoms with Gasteiger partial charge in [0.1, 0.15) is 12.4 Å². The van der Waals surface area contributed by atoms with Gasteiger partial charge in [0.25, 0.3) is 5.91 Å². The Hall–Kier alpha value is -4.30. The van der Waals surface area contributed by atoms with Gasteiger partial charge in [-0.2, -0.15) is 0 Å². The van der Waals surface area contributed by atoms with E-state index in [4.69, 9.17) is 9.72 Å². The van der Waals surface area contributed by atoms with Crippen molar-refractivity contribution in [2.45, 2.75) is 6.42 Å². The Balaban J connectivity index is 1.54. The molecule has 36 heavy (non-hydrogen) atoms. The van der Waals surface area contributed by atoms with Crippen molar-refractivity contribution in [2.24, 2.45) is 7.05 Å². The summed E-state index contributed by atoms with van der Waals surface area (Å²) in [6, 6.07) is 17.5. The number of rotatable bonds is 6. The average molecular weight is 482 g/mol. The molecule has 1 aliphatic heterocycles. The highest BCUT2D eigenvalue weighted by molar-refractivity contribution is 6.08. The quantitative estimate of drug-likeness (QED) is 0.447. The molecule has 0 spiro atoms. The van der Waals surface area contributed by atoms with Crippen LogP contribution in [0.5, 0.6) is 0 Å². The third-order valence-electron chi connectivity index (χ3n) is 6.34. The summed E-state index contributed by atoms with van der Waals surface area (Å²) in [6.07, 6.45) is 6.31. The number of imidazole rings is 1.